The third kappa shape index (κ3) is 2.84. The fourth-order valence-electron chi connectivity index (χ4n) is 2.67. The van der Waals surface area contributed by atoms with Gasteiger partial charge in [-0.05, 0) is 33.6 Å². The molecule has 0 bridgehead atoms. The lowest BCUT2D eigenvalue weighted by molar-refractivity contribution is -0.164. The smallest absolute Gasteiger partial charge is 0.243 e. The van der Waals surface area contributed by atoms with Crippen LogP contribution in [0.2, 0.25) is 0 Å². The molecule has 0 aromatic rings. The number of nitrogens with zero attached hydrogens (tertiary/aromatic N) is 2. The predicted molar refractivity (Wildman–Crippen MR) is 69.8 cm³/mol. The van der Waals surface area contributed by atoms with Crippen molar-refractivity contribution < 1.29 is 9.53 Å². The first-order valence-electron chi connectivity index (χ1n) is 6.68. The number of rotatable bonds is 3. The summed E-state index contributed by atoms with van der Waals surface area (Å²) in [5, 5.41) is 9.34. The summed E-state index contributed by atoms with van der Waals surface area (Å²) in [4.78, 5) is 14.4. The van der Waals surface area contributed by atoms with Gasteiger partial charge < -0.3 is 9.64 Å². The molecule has 0 radical (unpaired) electrons. The Labute approximate surface area is 110 Å². The molecule has 0 spiro atoms. The molecular formula is C14H24N2O2. The van der Waals surface area contributed by atoms with E-state index in [1.54, 1.807) is 4.90 Å². The monoisotopic (exact) mass is 252 g/mol. The molecule has 0 aliphatic carbocycles. The van der Waals surface area contributed by atoms with Crippen LogP contribution < -0.4 is 0 Å². The summed E-state index contributed by atoms with van der Waals surface area (Å²) in [6.07, 6.45) is 1.14. The maximum absolute atomic E-state index is 12.6. The fraction of sp³-hybridized carbons (Fsp3) is 0.857. The van der Waals surface area contributed by atoms with Gasteiger partial charge in [0.1, 0.15) is 5.41 Å². The lowest BCUT2D eigenvalue weighted by Crippen LogP contribution is -2.56. The van der Waals surface area contributed by atoms with Crippen molar-refractivity contribution in [3.63, 3.8) is 0 Å². The van der Waals surface area contributed by atoms with Gasteiger partial charge in [0.2, 0.25) is 5.91 Å². The van der Waals surface area contributed by atoms with Gasteiger partial charge in [0, 0.05) is 13.1 Å². The number of hydrogen-bond donors (Lipinski definition) is 0. The Kier molecular flexibility index (Phi) is 4.39. The van der Waals surface area contributed by atoms with Crippen LogP contribution in [0.3, 0.4) is 0 Å². The van der Waals surface area contributed by atoms with Crippen molar-refractivity contribution in [2.45, 2.75) is 59.2 Å². The largest absolute Gasteiger partial charge is 0.369 e. The average molecular weight is 252 g/mol. The van der Waals surface area contributed by atoms with Crippen molar-refractivity contribution in [3.05, 3.63) is 0 Å². The van der Waals surface area contributed by atoms with E-state index in [0.717, 1.165) is 0 Å². The summed E-state index contributed by atoms with van der Waals surface area (Å²) < 4.78 is 5.79. The summed E-state index contributed by atoms with van der Waals surface area (Å²) in [7, 11) is 0. The molecule has 4 nitrogen and oxygen atoms in total. The van der Waals surface area contributed by atoms with E-state index in [1.165, 1.54) is 0 Å². The Morgan fingerprint density at radius 3 is 2.44 bits per heavy atom. The first kappa shape index (κ1) is 15.0. The Hall–Kier alpha value is -1.08. The molecule has 1 unspecified atom stereocenters. The average Bonchev–Trinajstić information content (AvgIpc) is 2.29. The van der Waals surface area contributed by atoms with Crippen LogP contribution in [0.25, 0.3) is 0 Å². The summed E-state index contributed by atoms with van der Waals surface area (Å²) >= 11 is 0. The number of morpholine rings is 1. The van der Waals surface area contributed by atoms with Gasteiger partial charge in [-0.2, -0.15) is 5.26 Å². The molecule has 0 N–H and O–H groups in total. The van der Waals surface area contributed by atoms with Crippen LogP contribution in [0, 0.1) is 16.7 Å². The summed E-state index contributed by atoms with van der Waals surface area (Å²) in [6, 6.07) is 2.22. The highest BCUT2D eigenvalue weighted by atomic mass is 16.5. The summed E-state index contributed by atoms with van der Waals surface area (Å²) in [6.45, 7) is 10.9. The topological polar surface area (TPSA) is 53.3 Å². The molecule has 18 heavy (non-hydrogen) atoms. The van der Waals surface area contributed by atoms with Crippen molar-refractivity contribution in [2.75, 3.05) is 13.1 Å². The van der Waals surface area contributed by atoms with E-state index in [-0.39, 0.29) is 17.6 Å². The first-order chi connectivity index (χ1) is 8.30. The zero-order chi connectivity index (χ0) is 14.0. The lowest BCUT2D eigenvalue weighted by Gasteiger charge is -2.43. The third-order valence-electron chi connectivity index (χ3n) is 3.69. The molecule has 0 saturated carbocycles. The van der Waals surface area contributed by atoms with Crippen LogP contribution in [-0.2, 0) is 9.53 Å². The molecule has 0 aromatic heterocycles. The van der Waals surface area contributed by atoms with Crippen LogP contribution in [-0.4, -0.2) is 35.6 Å². The molecule has 1 atom stereocenters. The van der Waals surface area contributed by atoms with E-state index in [0.29, 0.717) is 25.9 Å². The zero-order valence-corrected chi connectivity index (χ0v) is 12.1. The minimum atomic E-state index is -0.868. The first-order valence-corrected chi connectivity index (χ1v) is 6.68. The fourth-order valence-corrected chi connectivity index (χ4v) is 2.67. The van der Waals surface area contributed by atoms with Gasteiger partial charge in [0.15, 0.2) is 0 Å². The number of nitriles is 1. The van der Waals surface area contributed by atoms with Crippen LogP contribution in [0.4, 0.5) is 0 Å². The van der Waals surface area contributed by atoms with Gasteiger partial charge in [-0.1, -0.05) is 13.8 Å². The Balaban J connectivity index is 2.93. The molecular weight excluding hydrogens is 228 g/mol. The van der Waals surface area contributed by atoms with E-state index in [4.69, 9.17) is 4.74 Å². The van der Waals surface area contributed by atoms with E-state index in [9.17, 15) is 10.1 Å². The van der Waals surface area contributed by atoms with Gasteiger partial charge in [-0.3, -0.25) is 4.79 Å². The highest BCUT2D eigenvalue weighted by Crippen LogP contribution is 2.31. The zero-order valence-electron chi connectivity index (χ0n) is 12.1. The molecule has 1 rings (SSSR count). The lowest BCUT2D eigenvalue weighted by atomic mass is 9.82. The molecule has 1 aliphatic heterocycles. The number of carbonyl (C=O) groups excluding carboxylic acids is 1. The Morgan fingerprint density at radius 2 is 2.06 bits per heavy atom. The van der Waals surface area contributed by atoms with Gasteiger partial charge >= 0.3 is 0 Å². The van der Waals surface area contributed by atoms with E-state index >= 15 is 0 Å². The summed E-state index contributed by atoms with van der Waals surface area (Å²) in [5.41, 5.74) is -1.21. The Bertz CT molecular complexity index is 353. The quantitative estimate of drug-likeness (QED) is 0.774. The standard InChI is InChI=1S/C14H24N2O2/c1-6-14(7-2,9-15)12(17)16-8-11(3)18-13(4,5)10-16/h11H,6-8,10H2,1-5H3. The minimum absolute atomic E-state index is 0.0165. The third-order valence-corrected chi connectivity index (χ3v) is 3.69. The number of amides is 1. The molecule has 102 valence electrons. The molecule has 1 amide bonds. The van der Waals surface area contributed by atoms with E-state index in [2.05, 4.69) is 6.07 Å². The molecule has 1 aliphatic rings. The molecule has 1 fully saturated rings. The molecule has 4 heteroatoms. The van der Waals surface area contributed by atoms with Gasteiger partial charge in [0.25, 0.3) is 0 Å². The van der Waals surface area contributed by atoms with Crippen LogP contribution in [0.5, 0.6) is 0 Å². The van der Waals surface area contributed by atoms with Gasteiger partial charge in [-0.25, -0.2) is 0 Å². The number of ether oxygens (including phenoxy) is 1. The van der Waals surface area contributed by atoms with Crippen molar-refractivity contribution in [2.24, 2.45) is 5.41 Å². The molecule has 0 aromatic carbocycles. The molecule has 1 saturated heterocycles. The van der Waals surface area contributed by atoms with E-state index in [1.807, 2.05) is 34.6 Å². The maximum atomic E-state index is 12.6. The van der Waals surface area contributed by atoms with Gasteiger partial charge in [0.05, 0.1) is 17.8 Å². The maximum Gasteiger partial charge on any atom is 0.243 e. The number of hydrogen-bond acceptors (Lipinski definition) is 3. The van der Waals surface area contributed by atoms with Crippen molar-refractivity contribution in [1.29, 1.82) is 5.26 Å². The predicted octanol–water partition coefficient (Wildman–Crippen LogP) is 2.34. The van der Waals surface area contributed by atoms with Crippen LogP contribution in [0.1, 0.15) is 47.5 Å². The number of carbonyl (C=O) groups is 1. The summed E-state index contributed by atoms with van der Waals surface area (Å²) in [5.74, 6) is -0.0433. The second-order valence-electron chi connectivity index (χ2n) is 5.77. The van der Waals surface area contributed by atoms with Crippen LogP contribution in [0.15, 0.2) is 0 Å². The molecule has 1 heterocycles. The highest BCUT2D eigenvalue weighted by Gasteiger charge is 2.42. The minimum Gasteiger partial charge on any atom is -0.369 e. The normalized spacial score (nSPS) is 23.6. The Morgan fingerprint density at radius 1 is 1.50 bits per heavy atom. The SMILES string of the molecule is CCC(C#N)(CC)C(=O)N1CC(C)OC(C)(C)C1. The van der Waals surface area contributed by atoms with Crippen molar-refractivity contribution in [1.82, 2.24) is 4.90 Å². The highest BCUT2D eigenvalue weighted by molar-refractivity contribution is 5.85. The second-order valence-corrected chi connectivity index (χ2v) is 5.77. The van der Waals surface area contributed by atoms with Crippen molar-refractivity contribution >= 4 is 5.91 Å². The van der Waals surface area contributed by atoms with E-state index < -0.39 is 5.41 Å². The van der Waals surface area contributed by atoms with Crippen LogP contribution >= 0.6 is 0 Å². The van der Waals surface area contributed by atoms with Gasteiger partial charge in [-0.15, -0.1) is 0 Å². The second kappa shape index (κ2) is 5.27. The van der Waals surface area contributed by atoms with Crippen molar-refractivity contribution in [3.8, 4) is 6.07 Å².